The van der Waals surface area contributed by atoms with E-state index < -0.39 is 0 Å². The fourth-order valence-electron chi connectivity index (χ4n) is 1.62. The quantitative estimate of drug-likeness (QED) is 0.390. The molecular formula is C17H13NP+. The van der Waals surface area contributed by atoms with Gasteiger partial charge in [-0.15, -0.1) is 0 Å². The van der Waals surface area contributed by atoms with Gasteiger partial charge < -0.3 is 0 Å². The number of rotatable bonds is 0. The molecular weight excluding hydrogens is 249 g/mol. The van der Waals surface area contributed by atoms with E-state index in [2.05, 4.69) is 29.7 Å². The molecule has 1 aromatic heterocycles. The Hall–Kier alpha value is -2.34. The molecule has 0 radical (unpaired) electrons. The van der Waals surface area contributed by atoms with Crippen molar-refractivity contribution >= 4 is 14.5 Å². The lowest BCUT2D eigenvalue weighted by molar-refractivity contribution is -0.671. The monoisotopic (exact) mass is 262 g/mol. The summed E-state index contributed by atoms with van der Waals surface area (Å²) < 4.78 is 1.97. The first-order chi connectivity index (χ1) is 9.28. The Morgan fingerprint density at radius 1 is 0.947 bits per heavy atom. The number of aryl methyl sites for hydroxylation is 1. The zero-order chi connectivity index (χ0) is 13.5. The lowest BCUT2D eigenvalue weighted by Crippen LogP contribution is -2.27. The van der Waals surface area contributed by atoms with E-state index in [0.717, 1.165) is 24.9 Å². The van der Waals surface area contributed by atoms with Gasteiger partial charge in [0.1, 0.15) is 7.05 Å². The van der Waals surface area contributed by atoms with Gasteiger partial charge in [-0.2, -0.15) is 0 Å². The van der Waals surface area contributed by atoms with Gasteiger partial charge in [0.15, 0.2) is 12.4 Å². The van der Waals surface area contributed by atoms with Crippen LogP contribution in [0, 0.1) is 23.4 Å². The van der Waals surface area contributed by atoms with Crippen LogP contribution in [0.25, 0.3) is 0 Å². The van der Waals surface area contributed by atoms with E-state index in [4.69, 9.17) is 0 Å². The third-order valence-electron chi connectivity index (χ3n) is 2.40. The zero-order valence-electron chi connectivity index (χ0n) is 10.7. The molecule has 0 aliphatic rings. The van der Waals surface area contributed by atoms with Gasteiger partial charge in [0.2, 0.25) is 0 Å². The summed E-state index contributed by atoms with van der Waals surface area (Å²) in [6, 6.07) is 11.9. The number of aromatic nitrogens is 1. The van der Waals surface area contributed by atoms with Gasteiger partial charge in [-0.25, -0.2) is 4.57 Å². The van der Waals surface area contributed by atoms with Crippen LogP contribution in [-0.4, -0.2) is 6.30 Å². The second kappa shape index (κ2) is 6.55. The van der Waals surface area contributed by atoms with Crippen LogP contribution in [0.1, 0.15) is 16.7 Å². The van der Waals surface area contributed by atoms with Gasteiger partial charge in [-0.3, -0.25) is 0 Å². The molecule has 0 N–H and O–H groups in total. The Labute approximate surface area is 115 Å². The standard InChI is InChI=1S/C17H13NP/c1-18-13-16(12-17(14-18)10-11-19-2)9-8-15-6-4-3-5-7-15/h3-7,12-14H,2H2,1H3/q+1. The van der Waals surface area contributed by atoms with Crippen LogP contribution in [0.15, 0.2) is 48.8 Å². The highest BCUT2D eigenvalue weighted by Crippen LogP contribution is 2.01. The summed E-state index contributed by atoms with van der Waals surface area (Å²) in [4.78, 5) is 0. The zero-order valence-corrected chi connectivity index (χ0v) is 11.6. The molecule has 19 heavy (non-hydrogen) atoms. The molecule has 0 atom stereocenters. The van der Waals surface area contributed by atoms with Crippen LogP contribution in [-0.2, 0) is 7.05 Å². The molecule has 2 aromatic rings. The predicted octanol–water partition coefficient (Wildman–Crippen LogP) is 2.60. The molecule has 0 fully saturated rings. The van der Waals surface area contributed by atoms with Crippen LogP contribution in [0.4, 0.5) is 0 Å². The highest BCUT2D eigenvalue weighted by Gasteiger charge is 2.00. The SMILES string of the molecule is C=PC#Cc1cc(C#Cc2ccccc2)c[n+](C)c1. The highest BCUT2D eigenvalue weighted by molar-refractivity contribution is 7.42. The van der Waals surface area contributed by atoms with E-state index in [-0.39, 0.29) is 0 Å². The van der Waals surface area contributed by atoms with E-state index in [9.17, 15) is 0 Å². The molecule has 0 spiro atoms. The van der Waals surface area contributed by atoms with Gasteiger partial charge >= 0.3 is 0 Å². The number of hydrogen-bond donors (Lipinski definition) is 0. The Balaban J connectivity index is 2.33. The van der Waals surface area contributed by atoms with E-state index in [1.54, 1.807) is 0 Å². The normalized spacial score (nSPS) is 9.11. The van der Waals surface area contributed by atoms with E-state index in [1.165, 1.54) is 0 Å². The molecule has 1 heterocycles. The summed E-state index contributed by atoms with van der Waals surface area (Å²) in [5, 5.41) is 0. The average molecular weight is 262 g/mol. The summed E-state index contributed by atoms with van der Waals surface area (Å²) in [7, 11) is 2.80. The largest absolute Gasteiger partial charge is 0.205 e. The van der Waals surface area contributed by atoms with Crippen molar-refractivity contribution in [3.63, 3.8) is 0 Å². The first kappa shape index (κ1) is 13.1. The van der Waals surface area contributed by atoms with Crippen molar-refractivity contribution in [3.05, 3.63) is 65.5 Å². The first-order valence-corrected chi connectivity index (χ1v) is 6.90. The summed E-state index contributed by atoms with van der Waals surface area (Å²) in [5.41, 5.74) is 5.87. The summed E-state index contributed by atoms with van der Waals surface area (Å²) in [6.45, 7) is 0. The fraction of sp³-hybridized carbons (Fsp3) is 0.0588. The number of nitrogens with zero attached hydrogens (tertiary/aromatic N) is 1. The van der Waals surface area contributed by atoms with Crippen molar-refractivity contribution in [3.8, 4) is 23.4 Å². The second-order valence-corrected chi connectivity index (χ2v) is 4.53. The van der Waals surface area contributed by atoms with E-state index in [1.807, 2.05) is 60.4 Å². The summed E-state index contributed by atoms with van der Waals surface area (Å²) >= 11 is 0. The van der Waals surface area contributed by atoms with Crippen molar-refractivity contribution in [2.24, 2.45) is 7.05 Å². The van der Waals surface area contributed by atoms with Crippen LogP contribution < -0.4 is 4.57 Å². The molecule has 0 bridgehead atoms. The number of benzene rings is 1. The lowest BCUT2D eigenvalue weighted by Gasteiger charge is -1.92. The van der Waals surface area contributed by atoms with Crippen LogP contribution in [0.5, 0.6) is 0 Å². The topological polar surface area (TPSA) is 3.88 Å². The fourth-order valence-corrected chi connectivity index (χ4v) is 1.83. The second-order valence-electron chi connectivity index (χ2n) is 3.99. The van der Waals surface area contributed by atoms with E-state index >= 15 is 0 Å². The molecule has 2 heteroatoms. The summed E-state index contributed by atoms with van der Waals surface area (Å²) in [5.74, 6) is 9.37. The molecule has 0 amide bonds. The molecule has 2 rings (SSSR count). The maximum Gasteiger partial charge on any atom is 0.184 e. The molecule has 1 nitrogen and oxygen atoms in total. The Kier molecular flexibility index (Phi) is 4.52. The minimum atomic E-state index is 0.830. The predicted molar refractivity (Wildman–Crippen MR) is 81.0 cm³/mol. The Morgan fingerprint density at radius 3 is 2.26 bits per heavy atom. The van der Waals surface area contributed by atoms with Gasteiger partial charge in [-0.1, -0.05) is 42.3 Å². The van der Waals surface area contributed by atoms with Crippen molar-refractivity contribution < 1.29 is 4.57 Å². The van der Waals surface area contributed by atoms with Crippen LogP contribution in [0.3, 0.4) is 0 Å². The smallest absolute Gasteiger partial charge is 0.184 e. The molecule has 0 saturated heterocycles. The van der Waals surface area contributed by atoms with Crippen molar-refractivity contribution in [1.82, 2.24) is 0 Å². The maximum atomic E-state index is 3.69. The maximum absolute atomic E-state index is 3.69. The average Bonchev–Trinajstić information content (AvgIpc) is 2.43. The summed E-state index contributed by atoms with van der Waals surface area (Å²) in [6.07, 6.45) is 7.65. The van der Waals surface area contributed by atoms with Gasteiger partial charge in [0, 0.05) is 5.56 Å². The minimum absolute atomic E-state index is 0.830. The van der Waals surface area contributed by atoms with Gasteiger partial charge in [0.25, 0.3) is 0 Å². The lowest BCUT2D eigenvalue weighted by atomic mass is 10.2. The Bertz CT molecular complexity index is 710. The molecule has 1 aromatic carbocycles. The molecule has 0 saturated carbocycles. The first-order valence-electron chi connectivity index (χ1n) is 5.82. The van der Waals surface area contributed by atoms with Gasteiger partial charge in [-0.05, 0) is 32.1 Å². The van der Waals surface area contributed by atoms with Crippen molar-refractivity contribution in [1.29, 1.82) is 0 Å². The van der Waals surface area contributed by atoms with Crippen LogP contribution >= 0.6 is 8.20 Å². The number of pyridine rings is 1. The number of hydrogen-bond acceptors (Lipinski definition) is 0. The van der Waals surface area contributed by atoms with E-state index in [0.29, 0.717) is 0 Å². The minimum Gasteiger partial charge on any atom is -0.205 e. The third kappa shape index (κ3) is 4.11. The molecule has 0 aliphatic heterocycles. The van der Waals surface area contributed by atoms with Crippen molar-refractivity contribution in [2.75, 3.05) is 0 Å². The highest BCUT2D eigenvalue weighted by atomic mass is 31.1. The molecule has 90 valence electrons. The van der Waals surface area contributed by atoms with Gasteiger partial charge in [0.05, 0.1) is 11.1 Å². The molecule has 0 aliphatic carbocycles. The van der Waals surface area contributed by atoms with Crippen LogP contribution in [0.2, 0.25) is 0 Å². The van der Waals surface area contributed by atoms with Crippen molar-refractivity contribution in [2.45, 2.75) is 0 Å². The molecule has 0 unspecified atom stereocenters. The third-order valence-corrected chi connectivity index (χ3v) is 2.67. The Morgan fingerprint density at radius 2 is 1.58 bits per heavy atom.